The molecule has 1 aromatic carbocycles. The Hall–Kier alpha value is -2.63. The largest absolute Gasteiger partial charge is 0.449 e. The molecule has 104 valence electrons. The number of ether oxygens (including phenoxy) is 1. The van der Waals surface area contributed by atoms with Crippen LogP contribution in [0, 0.1) is 0 Å². The molecule has 2 N–H and O–H groups in total. The second kappa shape index (κ2) is 7.08. The maximum absolute atomic E-state index is 11.0. The van der Waals surface area contributed by atoms with E-state index in [0.717, 1.165) is 12.2 Å². The Labute approximate surface area is 116 Å². The van der Waals surface area contributed by atoms with Gasteiger partial charge in [0.25, 0.3) is 0 Å². The normalized spacial score (nSPS) is 10.7. The van der Waals surface area contributed by atoms with E-state index in [1.807, 2.05) is 30.3 Å². The number of nitrogens with one attached hydrogen (secondary N) is 2. The molecule has 6 heteroatoms. The van der Waals surface area contributed by atoms with Gasteiger partial charge in [0, 0.05) is 6.42 Å². The first kappa shape index (κ1) is 13.8. The molecule has 2 aromatic rings. The predicted octanol–water partition coefficient (Wildman–Crippen LogP) is 2.08. The molecule has 2 rings (SSSR count). The Morgan fingerprint density at radius 3 is 3.00 bits per heavy atom. The summed E-state index contributed by atoms with van der Waals surface area (Å²) in [6.45, 7) is 2.04. The second-order valence-corrected chi connectivity index (χ2v) is 4.04. The van der Waals surface area contributed by atoms with Crippen molar-refractivity contribution in [3.8, 4) is 0 Å². The molecule has 0 unspecified atom stereocenters. The lowest BCUT2D eigenvalue weighted by Crippen LogP contribution is -2.18. The van der Waals surface area contributed by atoms with Crippen molar-refractivity contribution in [2.75, 3.05) is 6.61 Å². The van der Waals surface area contributed by atoms with Gasteiger partial charge in [0.15, 0.2) is 0 Å². The number of rotatable bonds is 5. The SMILES string of the molecule is CCOC(=O)N/N=C\c1cnc(Cc2ccccc2)[nH]1. The van der Waals surface area contributed by atoms with Crippen LogP contribution in [0.5, 0.6) is 0 Å². The number of nitrogens with zero attached hydrogens (tertiary/aromatic N) is 2. The van der Waals surface area contributed by atoms with Crippen molar-refractivity contribution in [1.29, 1.82) is 0 Å². The molecule has 0 radical (unpaired) electrons. The zero-order chi connectivity index (χ0) is 14.2. The topological polar surface area (TPSA) is 79.4 Å². The van der Waals surface area contributed by atoms with E-state index in [9.17, 15) is 4.79 Å². The second-order valence-electron chi connectivity index (χ2n) is 4.04. The van der Waals surface area contributed by atoms with Crippen molar-refractivity contribution in [2.45, 2.75) is 13.3 Å². The first-order chi connectivity index (χ1) is 9.78. The van der Waals surface area contributed by atoms with Gasteiger partial charge in [-0.1, -0.05) is 30.3 Å². The molecule has 0 aliphatic heterocycles. The first-order valence-corrected chi connectivity index (χ1v) is 6.31. The van der Waals surface area contributed by atoms with Crippen LogP contribution in [0.1, 0.15) is 24.0 Å². The Morgan fingerprint density at radius 2 is 2.25 bits per heavy atom. The van der Waals surface area contributed by atoms with Gasteiger partial charge in [-0.25, -0.2) is 15.2 Å². The minimum atomic E-state index is -0.576. The zero-order valence-corrected chi connectivity index (χ0v) is 11.2. The molecule has 1 heterocycles. The number of hydrogen-bond acceptors (Lipinski definition) is 4. The van der Waals surface area contributed by atoms with Gasteiger partial charge >= 0.3 is 6.09 Å². The minimum Gasteiger partial charge on any atom is -0.449 e. The third-order valence-corrected chi connectivity index (χ3v) is 2.50. The average Bonchev–Trinajstić information content (AvgIpc) is 2.88. The standard InChI is InChI=1S/C14H16N4O2/c1-2-20-14(19)18-16-10-12-9-15-13(17-12)8-11-6-4-3-5-7-11/h3-7,9-10H,2,8H2,1H3,(H,15,17)(H,18,19)/b16-10-. The number of H-pyrrole nitrogens is 1. The number of amides is 1. The summed E-state index contributed by atoms with van der Waals surface area (Å²) in [5.41, 5.74) is 4.14. The Balaban J connectivity index is 1.89. The molecule has 0 saturated heterocycles. The van der Waals surface area contributed by atoms with E-state index >= 15 is 0 Å². The average molecular weight is 272 g/mol. The summed E-state index contributed by atoms with van der Waals surface area (Å²) in [4.78, 5) is 18.4. The summed E-state index contributed by atoms with van der Waals surface area (Å²) >= 11 is 0. The van der Waals surface area contributed by atoms with Crippen LogP contribution < -0.4 is 5.43 Å². The fraction of sp³-hybridized carbons (Fsp3) is 0.214. The summed E-state index contributed by atoms with van der Waals surface area (Å²) in [6.07, 6.45) is 3.29. The van der Waals surface area contributed by atoms with Crippen LogP contribution in [-0.2, 0) is 11.2 Å². The van der Waals surface area contributed by atoms with Gasteiger partial charge in [-0.2, -0.15) is 5.10 Å². The molecule has 6 nitrogen and oxygen atoms in total. The Kier molecular flexibility index (Phi) is 4.88. The number of hydrogen-bond donors (Lipinski definition) is 2. The van der Waals surface area contributed by atoms with Crippen LogP contribution in [0.3, 0.4) is 0 Å². The fourth-order valence-corrected chi connectivity index (χ4v) is 1.64. The minimum absolute atomic E-state index is 0.312. The van der Waals surface area contributed by atoms with E-state index in [4.69, 9.17) is 0 Å². The molecule has 0 aliphatic carbocycles. The summed E-state index contributed by atoms with van der Waals surface area (Å²) < 4.78 is 4.67. The summed E-state index contributed by atoms with van der Waals surface area (Å²) in [5, 5.41) is 3.76. The molecular weight excluding hydrogens is 256 g/mol. The number of hydrazone groups is 1. The van der Waals surface area contributed by atoms with E-state index in [-0.39, 0.29) is 0 Å². The van der Waals surface area contributed by atoms with E-state index < -0.39 is 6.09 Å². The van der Waals surface area contributed by atoms with Crippen molar-refractivity contribution in [3.63, 3.8) is 0 Å². The lowest BCUT2D eigenvalue weighted by atomic mass is 10.1. The van der Waals surface area contributed by atoms with Crippen molar-refractivity contribution in [3.05, 3.63) is 53.6 Å². The molecular formula is C14H16N4O2. The highest BCUT2D eigenvalue weighted by atomic mass is 16.5. The number of aromatic nitrogens is 2. The Bertz CT molecular complexity index is 578. The maximum Gasteiger partial charge on any atom is 0.427 e. The fourth-order valence-electron chi connectivity index (χ4n) is 1.64. The van der Waals surface area contributed by atoms with Gasteiger partial charge in [0.05, 0.1) is 24.7 Å². The quantitative estimate of drug-likeness (QED) is 0.646. The van der Waals surface area contributed by atoms with Crippen LogP contribution >= 0.6 is 0 Å². The lowest BCUT2D eigenvalue weighted by Gasteiger charge is -1.98. The summed E-state index contributed by atoms with van der Waals surface area (Å²) in [5.74, 6) is 0.841. The van der Waals surface area contributed by atoms with Crippen molar-refractivity contribution >= 4 is 12.3 Å². The molecule has 0 spiro atoms. The number of benzene rings is 1. The monoisotopic (exact) mass is 272 g/mol. The van der Waals surface area contributed by atoms with Crippen molar-refractivity contribution < 1.29 is 9.53 Å². The molecule has 0 fully saturated rings. The van der Waals surface area contributed by atoms with Crippen LogP contribution in [-0.4, -0.2) is 28.9 Å². The molecule has 1 aromatic heterocycles. The van der Waals surface area contributed by atoms with Gasteiger partial charge < -0.3 is 9.72 Å². The van der Waals surface area contributed by atoms with E-state index in [1.54, 1.807) is 13.1 Å². The summed E-state index contributed by atoms with van der Waals surface area (Å²) in [7, 11) is 0. The maximum atomic E-state index is 11.0. The van der Waals surface area contributed by atoms with Crippen LogP contribution in [0.15, 0.2) is 41.6 Å². The zero-order valence-electron chi connectivity index (χ0n) is 11.2. The number of imidazole rings is 1. The van der Waals surface area contributed by atoms with Gasteiger partial charge in [0.2, 0.25) is 0 Å². The number of carbonyl (C=O) groups is 1. The third kappa shape index (κ3) is 4.24. The first-order valence-electron chi connectivity index (χ1n) is 6.31. The van der Waals surface area contributed by atoms with E-state index in [0.29, 0.717) is 12.3 Å². The van der Waals surface area contributed by atoms with Crippen molar-refractivity contribution in [2.24, 2.45) is 5.10 Å². The lowest BCUT2D eigenvalue weighted by molar-refractivity contribution is 0.152. The Morgan fingerprint density at radius 1 is 1.45 bits per heavy atom. The smallest absolute Gasteiger partial charge is 0.427 e. The van der Waals surface area contributed by atoms with E-state index in [1.165, 1.54) is 11.8 Å². The highest BCUT2D eigenvalue weighted by Crippen LogP contribution is 2.05. The molecule has 0 bridgehead atoms. The highest BCUT2D eigenvalue weighted by molar-refractivity contribution is 5.78. The van der Waals surface area contributed by atoms with E-state index in [2.05, 4.69) is 25.2 Å². The van der Waals surface area contributed by atoms with Crippen LogP contribution in [0.25, 0.3) is 0 Å². The molecule has 0 saturated carbocycles. The van der Waals surface area contributed by atoms with Crippen LogP contribution in [0.4, 0.5) is 4.79 Å². The molecule has 0 aliphatic rings. The summed E-state index contributed by atoms with van der Waals surface area (Å²) in [6, 6.07) is 10.0. The molecule has 20 heavy (non-hydrogen) atoms. The van der Waals surface area contributed by atoms with Crippen molar-refractivity contribution in [1.82, 2.24) is 15.4 Å². The predicted molar refractivity (Wildman–Crippen MR) is 75.6 cm³/mol. The van der Waals surface area contributed by atoms with Crippen LogP contribution in [0.2, 0.25) is 0 Å². The number of aromatic amines is 1. The van der Waals surface area contributed by atoms with Gasteiger partial charge in [0.1, 0.15) is 5.82 Å². The van der Waals surface area contributed by atoms with Gasteiger partial charge in [-0.05, 0) is 12.5 Å². The third-order valence-electron chi connectivity index (χ3n) is 2.50. The number of carbonyl (C=O) groups excluding carboxylic acids is 1. The molecule has 0 atom stereocenters. The molecule has 1 amide bonds. The van der Waals surface area contributed by atoms with Gasteiger partial charge in [-0.3, -0.25) is 0 Å². The van der Waals surface area contributed by atoms with Gasteiger partial charge in [-0.15, -0.1) is 0 Å². The highest BCUT2D eigenvalue weighted by Gasteiger charge is 2.01.